The van der Waals surface area contributed by atoms with Crippen LogP contribution in [0.3, 0.4) is 0 Å². The van der Waals surface area contributed by atoms with Gasteiger partial charge in [-0.25, -0.2) is 9.59 Å². The SMILES string of the molecule is CC(CNC(=O)N1C[C@H](O)C[C@H]1C(=O)O)C1CC1. The van der Waals surface area contributed by atoms with E-state index in [1.807, 2.05) is 0 Å². The van der Waals surface area contributed by atoms with E-state index >= 15 is 0 Å². The number of amides is 2. The van der Waals surface area contributed by atoms with E-state index in [9.17, 15) is 14.7 Å². The summed E-state index contributed by atoms with van der Waals surface area (Å²) in [5.41, 5.74) is 0. The van der Waals surface area contributed by atoms with Gasteiger partial charge < -0.3 is 20.4 Å². The molecule has 18 heavy (non-hydrogen) atoms. The molecule has 1 unspecified atom stereocenters. The van der Waals surface area contributed by atoms with Gasteiger partial charge in [0.15, 0.2) is 0 Å². The number of nitrogens with zero attached hydrogens (tertiary/aromatic N) is 1. The Morgan fingerprint density at radius 2 is 2.11 bits per heavy atom. The van der Waals surface area contributed by atoms with Crippen molar-refractivity contribution in [3.05, 3.63) is 0 Å². The van der Waals surface area contributed by atoms with Crippen LogP contribution in [0.1, 0.15) is 26.2 Å². The summed E-state index contributed by atoms with van der Waals surface area (Å²) >= 11 is 0. The quantitative estimate of drug-likeness (QED) is 0.673. The van der Waals surface area contributed by atoms with Crippen molar-refractivity contribution in [3.8, 4) is 0 Å². The maximum Gasteiger partial charge on any atom is 0.326 e. The lowest BCUT2D eigenvalue weighted by molar-refractivity contribution is -0.141. The number of aliphatic hydroxyl groups excluding tert-OH is 1. The number of carbonyl (C=O) groups is 2. The molecule has 1 aliphatic carbocycles. The molecule has 1 saturated heterocycles. The van der Waals surface area contributed by atoms with Gasteiger partial charge in [-0.2, -0.15) is 0 Å². The smallest absolute Gasteiger partial charge is 0.326 e. The third-order valence-corrected chi connectivity index (χ3v) is 3.83. The highest BCUT2D eigenvalue weighted by atomic mass is 16.4. The van der Waals surface area contributed by atoms with Crippen LogP contribution in [-0.2, 0) is 4.79 Å². The fraction of sp³-hybridized carbons (Fsp3) is 0.833. The number of β-amino-alcohol motifs (C(OH)–C–C–N with tert-alkyl or cyclic N) is 1. The Hall–Kier alpha value is -1.30. The molecule has 2 fully saturated rings. The molecule has 0 aromatic heterocycles. The van der Waals surface area contributed by atoms with Gasteiger partial charge in [-0.3, -0.25) is 0 Å². The third-order valence-electron chi connectivity index (χ3n) is 3.83. The number of hydrogen-bond acceptors (Lipinski definition) is 3. The molecule has 0 aromatic carbocycles. The summed E-state index contributed by atoms with van der Waals surface area (Å²) < 4.78 is 0. The Morgan fingerprint density at radius 3 is 2.67 bits per heavy atom. The van der Waals surface area contributed by atoms with Crippen LogP contribution in [-0.4, -0.2) is 52.3 Å². The number of nitrogens with one attached hydrogen (secondary N) is 1. The largest absolute Gasteiger partial charge is 0.480 e. The highest BCUT2D eigenvalue weighted by molar-refractivity contribution is 5.83. The first-order valence-electron chi connectivity index (χ1n) is 6.44. The molecule has 1 heterocycles. The first-order valence-corrected chi connectivity index (χ1v) is 6.44. The second-order valence-electron chi connectivity index (χ2n) is 5.40. The van der Waals surface area contributed by atoms with E-state index in [1.54, 1.807) is 0 Å². The van der Waals surface area contributed by atoms with Gasteiger partial charge in [0.1, 0.15) is 6.04 Å². The predicted molar refractivity (Wildman–Crippen MR) is 64.0 cm³/mol. The van der Waals surface area contributed by atoms with Gasteiger partial charge in [0, 0.05) is 19.5 Å². The van der Waals surface area contributed by atoms with Crippen molar-refractivity contribution in [3.63, 3.8) is 0 Å². The second-order valence-corrected chi connectivity index (χ2v) is 5.40. The lowest BCUT2D eigenvalue weighted by Gasteiger charge is -2.22. The fourth-order valence-electron chi connectivity index (χ4n) is 2.45. The summed E-state index contributed by atoms with van der Waals surface area (Å²) in [5, 5.41) is 21.2. The molecule has 2 aliphatic rings. The predicted octanol–water partition coefficient (Wildman–Crippen LogP) is 0.262. The number of hydrogen-bond donors (Lipinski definition) is 3. The number of aliphatic carboxylic acids is 1. The summed E-state index contributed by atoms with van der Waals surface area (Å²) in [5.74, 6) is 0.0754. The van der Waals surface area contributed by atoms with Crippen molar-refractivity contribution in [1.29, 1.82) is 0 Å². The normalized spacial score (nSPS) is 29.1. The molecule has 2 rings (SSSR count). The lowest BCUT2D eigenvalue weighted by Crippen LogP contribution is -2.47. The maximum absolute atomic E-state index is 11.9. The zero-order valence-electron chi connectivity index (χ0n) is 10.5. The number of carboxylic acid groups (broad SMARTS) is 1. The highest BCUT2D eigenvalue weighted by Crippen LogP contribution is 2.36. The van der Waals surface area contributed by atoms with Crippen LogP contribution in [0, 0.1) is 11.8 Å². The molecule has 0 radical (unpaired) electrons. The van der Waals surface area contributed by atoms with Gasteiger partial charge in [0.05, 0.1) is 6.10 Å². The van der Waals surface area contributed by atoms with Crippen LogP contribution in [0.2, 0.25) is 0 Å². The number of rotatable bonds is 4. The minimum absolute atomic E-state index is 0.0978. The average molecular weight is 256 g/mol. The zero-order valence-corrected chi connectivity index (χ0v) is 10.5. The van der Waals surface area contributed by atoms with Crippen LogP contribution < -0.4 is 5.32 Å². The molecule has 3 N–H and O–H groups in total. The molecule has 0 aromatic rings. The first kappa shape index (κ1) is 13.1. The van der Waals surface area contributed by atoms with Crippen molar-refractivity contribution in [2.45, 2.75) is 38.3 Å². The fourth-order valence-corrected chi connectivity index (χ4v) is 2.45. The van der Waals surface area contributed by atoms with Crippen molar-refractivity contribution in [2.24, 2.45) is 11.8 Å². The van der Waals surface area contributed by atoms with Crippen LogP contribution in [0.25, 0.3) is 0 Å². The minimum atomic E-state index is -1.06. The van der Waals surface area contributed by atoms with Crippen LogP contribution in [0.15, 0.2) is 0 Å². The van der Waals surface area contributed by atoms with Crippen molar-refractivity contribution < 1.29 is 19.8 Å². The molecule has 6 heteroatoms. The summed E-state index contributed by atoms with van der Waals surface area (Å²) in [6.45, 7) is 2.76. The summed E-state index contributed by atoms with van der Waals surface area (Å²) in [4.78, 5) is 24.1. The van der Waals surface area contributed by atoms with Crippen molar-refractivity contribution >= 4 is 12.0 Å². The van der Waals surface area contributed by atoms with Crippen LogP contribution in [0.5, 0.6) is 0 Å². The van der Waals surface area contributed by atoms with Gasteiger partial charge in [0.2, 0.25) is 0 Å². The number of likely N-dealkylation sites (tertiary alicyclic amines) is 1. The number of aliphatic hydroxyl groups is 1. The Bertz CT molecular complexity index is 343. The molecular weight excluding hydrogens is 236 g/mol. The molecule has 2 amide bonds. The van der Waals surface area contributed by atoms with Gasteiger partial charge in [-0.05, 0) is 24.7 Å². The van der Waals surface area contributed by atoms with Gasteiger partial charge in [-0.15, -0.1) is 0 Å². The first-order chi connectivity index (χ1) is 8.49. The molecular formula is C12H20N2O4. The maximum atomic E-state index is 11.9. The third kappa shape index (κ3) is 2.93. The van der Waals surface area contributed by atoms with Crippen LogP contribution in [0.4, 0.5) is 4.79 Å². The number of carboxylic acids is 1. The van der Waals surface area contributed by atoms with Gasteiger partial charge >= 0.3 is 12.0 Å². The average Bonchev–Trinajstić information content (AvgIpc) is 3.08. The van der Waals surface area contributed by atoms with E-state index in [1.165, 1.54) is 17.7 Å². The molecule has 6 nitrogen and oxygen atoms in total. The topological polar surface area (TPSA) is 89.9 Å². The van der Waals surface area contributed by atoms with Crippen molar-refractivity contribution in [1.82, 2.24) is 10.2 Å². The summed E-state index contributed by atoms with van der Waals surface area (Å²) in [7, 11) is 0. The standard InChI is InChI=1S/C12H20N2O4/c1-7(8-2-3-8)5-13-12(18)14-6-9(15)4-10(14)11(16)17/h7-10,15H,2-6H2,1H3,(H,13,18)(H,16,17)/t7?,9-,10+/m1/s1. The minimum Gasteiger partial charge on any atom is -0.480 e. The molecule has 0 spiro atoms. The molecule has 0 bridgehead atoms. The van der Waals surface area contributed by atoms with Crippen LogP contribution >= 0.6 is 0 Å². The van der Waals surface area contributed by atoms with E-state index < -0.39 is 18.1 Å². The molecule has 102 valence electrons. The number of carbonyl (C=O) groups excluding carboxylic acids is 1. The van der Waals surface area contributed by atoms with E-state index in [0.29, 0.717) is 18.4 Å². The molecule has 1 aliphatic heterocycles. The second kappa shape index (κ2) is 5.14. The Balaban J connectivity index is 1.84. The van der Waals surface area contributed by atoms with E-state index in [-0.39, 0.29) is 19.0 Å². The summed E-state index contributed by atoms with van der Waals surface area (Å²) in [6.07, 6.45) is 1.81. The zero-order chi connectivity index (χ0) is 13.3. The Kier molecular flexibility index (Phi) is 3.75. The molecule has 1 saturated carbocycles. The summed E-state index contributed by atoms with van der Waals surface area (Å²) in [6, 6.07) is -1.29. The monoisotopic (exact) mass is 256 g/mol. The van der Waals surface area contributed by atoms with Gasteiger partial charge in [-0.1, -0.05) is 6.92 Å². The van der Waals surface area contributed by atoms with E-state index in [0.717, 1.165) is 0 Å². The Labute approximate surface area is 106 Å². The number of urea groups is 1. The highest BCUT2D eigenvalue weighted by Gasteiger charge is 2.39. The molecule has 3 atom stereocenters. The lowest BCUT2D eigenvalue weighted by atomic mass is 10.1. The Morgan fingerprint density at radius 1 is 1.44 bits per heavy atom. The van der Waals surface area contributed by atoms with Crippen molar-refractivity contribution in [2.75, 3.05) is 13.1 Å². The van der Waals surface area contributed by atoms with E-state index in [4.69, 9.17) is 5.11 Å². The van der Waals surface area contributed by atoms with E-state index in [2.05, 4.69) is 12.2 Å². The van der Waals surface area contributed by atoms with Gasteiger partial charge in [0.25, 0.3) is 0 Å².